The molecule has 1 aliphatic rings. The summed E-state index contributed by atoms with van der Waals surface area (Å²) in [6.07, 6.45) is 2.43. The summed E-state index contributed by atoms with van der Waals surface area (Å²) >= 11 is 0. The summed E-state index contributed by atoms with van der Waals surface area (Å²) in [7, 11) is -6.87. The fraction of sp³-hybridized carbons (Fsp3) is 0.552. The van der Waals surface area contributed by atoms with Crippen LogP contribution in [-0.4, -0.2) is 74.6 Å². The Morgan fingerprint density at radius 1 is 1.21 bits per heavy atom. The Labute approximate surface area is 251 Å². The first-order valence-corrected chi connectivity index (χ1v) is 18.0. The number of rotatable bonds is 11. The van der Waals surface area contributed by atoms with E-state index in [1.165, 1.54) is 23.1 Å². The maximum absolute atomic E-state index is 14.0. The number of benzene rings is 1. The van der Waals surface area contributed by atoms with Crippen LogP contribution in [0.3, 0.4) is 0 Å². The molecule has 0 N–H and O–H groups in total. The maximum Gasteiger partial charge on any atom is 0.410 e. The molecular formula is C29H45N3O8SSi. The first kappa shape index (κ1) is 35.4. The number of nitro benzene ring substituents is 1. The van der Waals surface area contributed by atoms with Gasteiger partial charge >= 0.3 is 6.09 Å². The standard InChI is InChI=1S/C29H45N3O8SSi/c1-12-17-38-32(41(36,37)26-16-14-13-15-24(26)31(34)35)25-19-30(27(33)40-28(4,5)6)22(18-23(25)21(2)3)20-39-42(10,11)29(7,8)9/h12-16,18,22,25H,1-2,17,19-20H2,3-11H3/t22-,25?/m0/s1. The first-order chi connectivity index (χ1) is 19.1. The monoisotopic (exact) mass is 623 g/mol. The van der Waals surface area contributed by atoms with E-state index in [1.807, 2.05) is 0 Å². The summed E-state index contributed by atoms with van der Waals surface area (Å²) in [6, 6.07) is 3.31. The second-order valence-electron chi connectivity index (χ2n) is 12.8. The summed E-state index contributed by atoms with van der Waals surface area (Å²) in [5.74, 6) is 0. The zero-order chi connectivity index (χ0) is 32.3. The topological polar surface area (TPSA) is 129 Å². The molecule has 0 radical (unpaired) electrons. The Hall–Kier alpha value is -2.84. The van der Waals surface area contributed by atoms with Gasteiger partial charge in [-0.15, -0.1) is 6.58 Å². The van der Waals surface area contributed by atoms with Crippen LogP contribution in [0.4, 0.5) is 10.5 Å². The van der Waals surface area contributed by atoms with Crippen molar-refractivity contribution in [3.63, 3.8) is 0 Å². The number of nitro groups is 1. The van der Waals surface area contributed by atoms with E-state index in [0.717, 1.165) is 12.1 Å². The summed E-state index contributed by atoms with van der Waals surface area (Å²) in [4.78, 5) is 31.1. The highest BCUT2D eigenvalue weighted by atomic mass is 32.2. The third kappa shape index (κ3) is 8.38. The van der Waals surface area contributed by atoms with E-state index in [2.05, 4.69) is 47.0 Å². The normalized spacial score (nSPS) is 18.4. The predicted molar refractivity (Wildman–Crippen MR) is 165 cm³/mol. The SMILES string of the molecule is C=CCON(C1CN(C(=O)OC(C)(C)C)[C@H](CO[Si](C)(C)C(C)(C)C)C=C1C(=C)C)S(=O)(=O)c1ccccc1[N+](=O)[O-]. The van der Waals surface area contributed by atoms with Crippen LogP contribution < -0.4 is 0 Å². The number of nitrogens with zero attached hydrogens (tertiary/aromatic N) is 3. The van der Waals surface area contributed by atoms with Crippen molar-refractivity contribution in [1.82, 2.24) is 9.37 Å². The van der Waals surface area contributed by atoms with Gasteiger partial charge in [-0.25, -0.2) is 13.2 Å². The molecule has 0 aromatic heterocycles. The number of carbonyl (C=O) groups excluding carboxylic acids is 1. The molecule has 1 heterocycles. The van der Waals surface area contributed by atoms with E-state index in [-0.39, 0.29) is 24.8 Å². The largest absolute Gasteiger partial charge is 0.444 e. The van der Waals surface area contributed by atoms with E-state index in [9.17, 15) is 23.3 Å². The maximum atomic E-state index is 14.0. The molecule has 1 aromatic rings. The van der Waals surface area contributed by atoms with Gasteiger partial charge in [0.05, 0.1) is 30.2 Å². The average Bonchev–Trinajstić information content (AvgIpc) is 2.85. The van der Waals surface area contributed by atoms with Crippen molar-refractivity contribution in [3.05, 3.63) is 70.8 Å². The van der Waals surface area contributed by atoms with E-state index in [0.29, 0.717) is 15.6 Å². The summed E-state index contributed by atoms with van der Waals surface area (Å²) in [6.45, 7) is 24.9. The molecule has 13 heteroatoms. The van der Waals surface area contributed by atoms with Crippen LogP contribution in [0.1, 0.15) is 48.5 Å². The molecule has 234 valence electrons. The number of hydrogen-bond donors (Lipinski definition) is 0. The van der Waals surface area contributed by atoms with Crippen molar-refractivity contribution in [2.75, 3.05) is 19.8 Å². The van der Waals surface area contributed by atoms with E-state index in [4.69, 9.17) is 14.0 Å². The molecule has 0 saturated carbocycles. The molecule has 1 aromatic carbocycles. The number of ether oxygens (including phenoxy) is 1. The molecule has 11 nitrogen and oxygen atoms in total. The molecule has 0 saturated heterocycles. The van der Waals surface area contributed by atoms with Gasteiger partial charge in [0.15, 0.2) is 13.2 Å². The van der Waals surface area contributed by atoms with Gasteiger partial charge in [-0.2, -0.15) is 0 Å². The summed E-state index contributed by atoms with van der Waals surface area (Å²) < 4.78 is 41.0. The van der Waals surface area contributed by atoms with Crippen LogP contribution in [0.15, 0.2) is 65.6 Å². The lowest BCUT2D eigenvalue weighted by Gasteiger charge is -2.44. The van der Waals surface area contributed by atoms with Crippen molar-refractivity contribution < 1.29 is 32.1 Å². The Bertz CT molecular complexity index is 1330. The molecular weight excluding hydrogens is 578 g/mol. The highest BCUT2D eigenvalue weighted by Gasteiger charge is 2.45. The molecule has 0 aliphatic carbocycles. The van der Waals surface area contributed by atoms with E-state index < -0.39 is 57.6 Å². The Morgan fingerprint density at radius 2 is 1.81 bits per heavy atom. The van der Waals surface area contributed by atoms with Crippen molar-refractivity contribution in [2.24, 2.45) is 0 Å². The average molecular weight is 624 g/mol. The smallest absolute Gasteiger partial charge is 0.410 e. The van der Waals surface area contributed by atoms with Crippen LogP contribution in [0, 0.1) is 10.1 Å². The van der Waals surface area contributed by atoms with Gasteiger partial charge < -0.3 is 9.16 Å². The fourth-order valence-corrected chi connectivity index (χ4v) is 6.58. The van der Waals surface area contributed by atoms with Crippen molar-refractivity contribution >= 4 is 30.1 Å². The van der Waals surface area contributed by atoms with Gasteiger partial charge in [-0.3, -0.25) is 19.9 Å². The lowest BCUT2D eigenvalue weighted by Crippen LogP contribution is -2.57. The molecule has 2 atom stereocenters. The molecule has 1 amide bonds. The fourth-order valence-electron chi connectivity index (χ4n) is 3.99. The van der Waals surface area contributed by atoms with E-state index in [1.54, 1.807) is 33.8 Å². The lowest BCUT2D eigenvalue weighted by molar-refractivity contribution is -0.388. The van der Waals surface area contributed by atoms with Crippen LogP contribution in [0.25, 0.3) is 0 Å². The Balaban J connectivity index is 2.73. The quantitative estimate of drug-likeness (QED) is 0.123. The second-order valence-corrected chi connectivity index (χ2v) is 19.3. The second kappa shape index (κ2) is 13.2. The number of hydroxylamine groups is 1. The zero-order valence-corrected chi connectivity index (χ0v) is 28.0. The third-order valence-corrected chi connectivity index (χ3v) is 13.4. The first-order valence-electron chi connectivity index (χ1n) is 13.7. The molecule has 1 aliphatic heterocycles. The van der Waals surface area contributed by atoms with Gasteiger partial charge in [0.2, 0.25) is 0 Å². The molecule has 1 unspecified atom stereocenters. The minimum absolute atomic E-state index is 0.0876. The molecule has 0 spiro atoms. The molecule has 0 bridgehead atoms. The van der Waals surface area contributed by atoms with Crippen molar-refractivity contribution in [1.29, 1.82) is 0 Å². The van der Waals surface area contributed by atoms with Crippen molar-refractivity contribution in [3.8, 4) is 0 Å². The highest BCUT2D eigenvalue weighted by molar-refractivity contribution is 7.89. The Kier molecular flexibility index (Phi) is 11.1. The third-order valence-electron chi connectivity index (χ3n) is 7.19. The summed E-state index contributed by atoms with van der Waals surface area (Å²) in [5, 5.41) is 11.7. The number of amides is 1. The highest BCUT2D eigenvalue weighted by Crippen LogP contribution is 2.38. The van der Waals surface area contributed by atoms with Crippen LogP contribution >= 0.6 is 0 Å². The van der Waals surface area contributed by atoms with Gasteiger partial charge in [0.25, 0.3) is 15.7 Å². The number of carbonyl (C=O) groups is 1. The van der Waals surface area contributed by atoms with Gasteiger partial charge in [0, 0.05) is 12.6 Å². The van der Waals surface area contributed by atoms with E-state index >= 15 is 0 Å². The molecule has 0 fully saturated rings. The van der Waals surface area contributed by atoms with Gasteiger partial charge in [-0.05, 0) is 57.5 Å². The van der Waals surface area contributed by atoms with Crippen LogP contribution in [-0.2, 0) is 24.0 Å². The van der Waals surface area contributed by atoms with Crippen LogP contribution in [0.2, 0.25) is 18.1 Å². The Morgan fingerprint density at radius 3 is 2.31 bits per heavy atom. The minimum Gasteiger partial charge on any atom is -0.444 e. The zero-order valence-electron chi connectivity index (χ0n) is 26.2. The van der Waals surface area contributed by atoms with Crippen LogP contribution in [0.5, 0.6) is 0 Å². The predicted octanol–water partition coefficient (Wildman–Crippen LogP) is 6.22. The number of sulfonamides is 1. The molecule has 42 heavy (non-hydrogen) atoms. The lowest BCUT2D eigenvalue weighted by atomic mass is 9.94. The van der Waals surface area contributed by atoms with Gasteiger partial charge in [-0.1, -0.05) is 61.7 Å². The van der Waals surface area contributed by atoms with Crippen molar-refractivity contribution in [2.45, 2.75) is 89.2 Å². The molecule has 2 rings (SSSR count). The van der Waals surface area contributed by atoms with Gasteiger partial charge in [0.1, 0.15) is 5.60 Å². The number of hydrogen-bond acceptors (Lipinski definition) is 8. The minimum atomic E-state index is -4.64. The number of para-hydroxylation sites is 1. The summed E-state index contributed by atoms with van der Waals surface area (Å²) in [5.41, 5.74) is -0.409.